The number of likely N-dealkylation sites (tertiary alicyclic amines) is 2. The summed E-state index contributed by atoms with van der Waals surface area (Å²) in [6, 6.07) is 11.3. The Kier molecular flexibility index (Phi) is 7.86. The standard InChI is InChI=1S/C22H33N3O3/c1-28-21(26)16-23-22(27)19-8-5-12-25(17-19)20-10-14-24(15-11-20)13-9-18-6-3-2-4-7-18/h2-4,6-7,19-20H,5,8-17H2,1H3,(H,23,27). The summed E-state index contributed by atoms with van der Waals surface area (Å²) in [6.07, 6.45) is 5.40. The Bertz CT molecular complexity index is 629. The number of methoxy groups -OCH3 is 1. The zero-order valence-electron chi connectivity index (χ0n) is 16.9. The van der Waals surface area contributed by atoms with Crippen LogP contribution in [0.3, 0.4) is 0 Å². The van der Waals surface area contributed by atoms with Gasteiger partial charge >= 0.3 is 5.97 Å². The number of carbonyl (C=O) groups excluding carboxylic acids is 2. The van der Waals surface area contributed by atoms with Gasteiger partial charge in [-0.2, -0.15) is 0 Å². The Hall–Kier alpha value is -1.92. The minimum Gasteiger partial charge on any atom is -0.468 e. The van der Waals surface area contributed by atoms with Gasteiger partial charge in [-0.15, -0.1) is 0 Å². The molecule has 0 spiro atoms. The molecule has 1 atom stereocenters. The van der Waals surface area contributed by atoms with Crippen LogP contribution < -0.4 is 5.32 Å². The van der Waals surface area contributed by atoms with Crippen LogP contribution >= 0.6 is 0 Å². The zero-order chi connectivity index (χ0) is 19.8. The quantitative estimate of drug-likeness (QED) is 0.722. The maximum Gasteiger partial charge on any atom is 0.325 e. The molecule has 0 aromatic heterocycles. The average Bonchev–Trinajstić information content (AvgIpc) is 2.77. The summed E-state index contributed by atoms with van der Waals surface area (Å²) >= 11 is 0. The van der Waals surface area contributed by atoms with Crippen LogP contribution in [0, 0.1) is 5.92 Å². The first-order chi connectivity index (χ1) is 13.7. The molecule has 1 aromatic carbocycles. The van der Waals surface area contributed by atoms with Crippen molar-refractivity contribution in [2.24, 2.45) is 5.92 Å². The number of benzene rings is 1. The highest BCUT2D eigenvalue weighted by atomic mass is 16.5. The number of esters is 1. The van der Waals surface area contributed by atoms with Crippen LogP contribution in [0.2, 0.25) is 0 Å². The molecule has 2 saturated heterocycles. The van der Waals surface area contributed by atoms with E-state index in [2.05, 4.69) is 50.2 Å². The second-order valence-electron chi connectivity index (χ2n) is 7.94. The van der Waals surface area contributed by atoms with Crippen LogP contribution in [-0.2, 0) is 20.7 Å². The van der Waals surface area contributed by atoms with Crippen molar-refractivity contribution in [1.29, 1.82) is 0 Å². The molecular formula is C22H33N3O3. The predicted octanol–water partition coefficient (Wildman–Crippen LogP) is 1.69. The van der Waals surface area contributed by atoms with Gasteiger partial charge in [-0.1, -0.05) is 30.3 Å². The third-order valence-electron chi connectivity index (χ3n) is 6.09. The molecule has 0 radical (unpaired) electrons. The van der Waals surface area contributed by atoms with Crippen molar-refractivity contribution in [2.45, 2.75) is 38.1 Å². The SMILES string of the molecule is COC(=O)CNC(=O)C1CCCN(C2CCN(CCc3ccccc3)CC2)C1. The van der Waals surface area contributed by atoms with Gasteiger partial charge in [0, 0.05) is 19.1 Å². The van der Waals surface area contributed by atoms with E-state index in [1.807, 2.05) is 0 Å². The van der Waals surface area contributed by atoms with Crippen molar-refractivity contribution in [3.8, 4) is 0 Å². The van der Waals surface area contributed by atoms with Crippen LogP contribution in [0.15, 0.2) is 30.3 Å². The number of nitrogens with zero attached hydrogens (tertiary/aromatic N) is 2. The fourth-order valence-corrected chi connectivity index (χ4v) is 4.37. The molecule has 0 saturated carbocycles. The van der Waals surface area contributed by atoms with Gasteiger partial charge in [0.25, 0.3) is 0 Å². The first-order valence-electron chi connectivity index (χ1n) is 10.5. The molecule has 2 aliphatic heterocycles. The van der Waals surface area contributed by atoms with E-state index in [0.29, 0.717) is 6.04 Å². The van der Waals surface area contributed by atoms with Gasteiger partial charge in [0.15, 0.2) is 0 Å². The van der Waals surface area contributed by atoms with Gasteiger partial charge in [0.2, 0.25) is 5.91 Å². The highest BCUT2D eigenvalue weighted by Gasteiger charge is 2.31. The largest absolute Gasteiger partial charge is 0.468 e. The number of carbonyl (C=O) groups is 2. The van der Waals surface area contributed by atoms with Gasteiger partial charge in [-0.05, 0) is 57.3 Å². The van der Waals surface area contributed by atoms with Crippen molar-refractivity contribution in [2.75, 3.05) is 46.4 Å². The topological polar surface area (TPSA) is 61.9 Å². The van der Waals surface area contributed by atoms with E-state index in [1.165, 1.54) is 25.5 Å². The van der Waals surface area contributed by atoms with Crippen LogP contribution in [0.1, 0.15) is 31.2 Å². The van der Waals surface area contributed by atoms with E-state index in [9.17, 15) is 9.59 Å². The van der Waals surface area contributed by atoms with E-state index in [4.69, 9.17) is 0 Å². The third kappa shape index (κ3) is 6.04. The minimum absolute atomic E-state index is 0.0182. The number of amides is 1. The maximum atomic E-state index is 12.4. The number of hydrogen-bond donors (Lipinski definition) is 1. The lowest BCUT2D eigenvalue weighted by Gasteiger charge is -2.42. The number of nitrogens with one attached hydrogen (secondary N) is 1. The Balaban J connectivity index is 1.40. The zero-order valence-corrected chi connectivity index (χ0v) is 16.9. The molecule has 6 heteroatoms. The molecule has 2 heterocycles. The van der Waals surface area contributed by atoms with Crippen LogP contribution in [0.4, 0.5) is 0 Å². The fraction of sp³-hybridized carbons (Fsp3) is 0.636. The lowest BCUT2D eigenvalue weighted by molar-refractivity contribution is -0.141. The third-order valence-corrected chi connectivity index (χ3v) is 6.09. The Labute approximate surface area is 168 Å². The molecule has 2 fully saturated rings. The van der Waals surface area contributed by atoms with Crippen molar-refractivity contribution in [3.63, 3.8) is 0 Å². The van der Waals surface area contributed by atoms with E-state index in [1.54, 1.807) is 0 Å². The first-order valence-corrected chi connectivity index (χ1v) is 10.5. The Morgan fingerprint density at radius 1 is 1.11 bits per heavy atom. The molecule has 6 nitrogen and oxygen atoms in total. The fourth-order valence-electron chi connectivity index (χ4n) is 4.37. The van der Waals surface area contributed by atoms with Gasteiger partial charge in [0.1, 0.15) is 6.54 Å². The van der Waals surface area contributed by atoms with Crippen molar-refractivity contribution in [1.82, 2.24) is 15.1 Å². The van der Waals surface area contributed by atoms with Crippen LogP contribution in [-0.4, -0.2) is 74.1 Å². The van der Waals surface area contributed by atoms with Crippen LogP contribution in [0.5, 0.6) is 0 Å². The van der Waals surface area contributed by atoms with Crippen molar-refractivity contribution >= 4 is 11.9 Å². The number of piperidine rings is 2. The van der Waals surface area contributed by atoms with Crippen molar-refractivity contribution in [3.05, 3.63) is 35.9 Å². The first kappa shape index (κ1) is 20.8. The lowest BCUT2D eigenvalue weighted by atomic mass is 9.93. The van der Waals surface area contributed by atoms with Crippen LogP contribution in [0.25, 0.3) is 0 Å². The molecule has 1 unspecified atom stereocenters. The molecule has 154 valence electrons. The number of rotatable bonds is 7. The molecule has 28 heavy (non-hydrogen) atoms. The summed E-state index contributed by atoms with van der Waals surface area (Å²) in [5, 5.41) is 2.72. The van der Waals surface area contributed by atoms with Gasteiger partial charge in [0.05, 0.1) is 13.0 Å². The second-order valence-corrected chi connectivity index (χ2v) is 7.94. The Morgan fingerprint density at radius 3 is 2.57 bits per heavy atom. The Morgan fingerprint density at radius 2 is 1.86 bits per heavy atom. The molecular weight excluding hydrogens is 354 g/mol. The summed E-state index contributed by atoms with van der Waals surface area (Å²) in [6.45, 7) is 5.23. The molecule has 3 rings (SSSR count). The van der Waals surface area contributed by atoms with E-state index in [-0.39, 0.29) is 18.4 Å². The highest BCUT2D eigenvalue weighted by molar-refractivity contribution is 5.83. The highest BCUT2D eigenvalue weighted by Crippen LogP contribution is 2.24. The van der Waals surface area contributed by atoms with Gasteiger partial charge in [-0.25, -0.2) is 0 Å². The summed E-state index contributed by atoms with van der Waals surface area (Å²) in [7, 11) is 1.34. The van der Waals surface area contributed by atoms with Gasteiger partial charge in [-0.3, -0.25) is 14.5 Å². The smallest absolute Gasteiger partial charge is 0.325 e. The maximum absolute atomic E-state index is 12.4. The normalized spacial score (nSPS) is 22.0. The molecule has 1 aromatic rings. The summed E-state index contributed by atoms with van der Waals surface area (Å²) in [5.74, 6) is -0.436. The predicted molar refractivity (Wildman–Crippen MR) is 109 cm³/mol. The lowest BCUT2D eigenvalue weighted by Crippen LogP contribution is -2.51. The number of hydrogen-bond acceptors (Lipinski definition) is 5. The minimum atomic E-state index is -0.399. The summed E-state index contributed by atoms with van der Waals surface area (Å²) in [5.41, 5.74) is 1.40. The van der Waals surface area contributed by atoms with E-state index < -0.39 is 5.97 Å². The molecule has 2 aliphatic rings. The molecule has 1 N–H and O–H groups in total. The van der Waals surface area contributed by atoms with E-state index in [0.717, 1.165) is 52.0 Å². The monoisotopic (exact) mass is 387 g/mol. The summed E-state index contributed by atoms with van der Waals surface area (Å²) < 4.78 is 4.59. The van der Waals surface area contributed by atoms with Crippen molar-refractivity contribution < 1.29 is 14.3 Å². The molecule has 1 amide bonds. The number of ether oxygens (including phenoxy) is 1. The second kappa shape index (κ2) is 10.6. The average molecular weight is 388 g/mol. The molecule has 0 aliphatic carbocycles. The summed E-state index contributed by atoms with van der Waals surface area (Å²) in [4.78, 5) is 28.7. The van der Waals surface area contributed by atoms with E-state index >= 15 is 0 Å². The molecule has 0 bridgehead atoms. The van der Waals surface area contributed by atoms with Gasteiger partial charge < -0.3 is 15.0 Å².